The number of anilines is 1. The fraction of sp³-hybridized carbons (Fsp3) is 0.0833. The summed E-state index contributed by atoms with van der Waals surface area (Å²) in [6.07, 6.45) is 5.76. The van der Waals surface area contributed by atoms with Gasteiger partial charge in [-0.05, 0) is 28.8 Å². The molecule has 0 radical (unpaired) electrons. The molecule has 30 heavy (non-hydrogen) atoms. The molecule has 1 aliphatic rings. The summed E-state index contributed by atoms with van der Waals surface area (Å²) >= 11 is 0. The number of rotatable bonds is 5. The number of hydrazone groups is 1. The molecule has 0 bridgehead atoms. The predicted octanol–water partition coefficient (Wildman–Crippen LogP) is 4.52. The van der Waals surface area contributed by atoms with E-state index in [0.29, 0.717) is 0 Å². The molecule has 0 saturated heterocycles. The van der Waals surface area contributed by atoms with Gasteiger partial charge in [-0.1, -0.05) is 72.8 Å². The molecular weight excluding hydrogens is 372 g/mol. The molecule has 5 rings (SSSR count). The minimum Gasteiger partial charge on any atom is -0.257 e. The van der Waals surface area contributed by atoms with E-state index < -0.39 is 0 Å². The fourth-order valence-electron chi connectivity index (χ4n) is 3.59. The zero-order valence-corrected chi connectivity index (χ0v) is 16.3. The molecule has 4 aromatic rings. The second kappa shape index (κ2) is 8.13. The second-order valence-corrected chi connectivity index (χ2v) is 7.07. The Morgan fingerprint density at radius 3 is 2.17 bits per heavy atom. The van der Waals surface area contributed by atoms with Crippen LogP contribution in [0.5, 0.6) is 0 Å². The highest BCUT2D eigenvalue weighted by Gasteiger charge is 2.29. The van der Waals surface area contributed by atoms with Gasteiger partial charge in [0, 0.05) is 6.42 Å². The Morgan fingerprint density at radius 1 is 0.800 bits per heavy atom. The maximum atomic E-state index is 5.00. The topological polar surface area (TPSA) is 58.7 Å². The Balaban J connectivity index is 1.45. The summed E-state index contributed by atoms with van der Waals surface area (Å²) in [5.74, 6) is 0. The second-order valence-electron chi connectivity index (χ2n) is 7.07. The highest BCUT2D eigenvalue weighted by molar-refractivity contribution is 6.03. The van der Waals surface area contributed by atoms with Crippen LogP contribution in [0.3, 0.4) is 0 Å². The first-order valence-corrected chi connectivity index (χ1v) is 9.83. The van der Waals surface area contributed by atoms with Crippen LogP contribution in [0, 0.1) is 0 Å². The first kappa shape index (κ1) is 18.0. The zero-order valence-electron chi connectivity index (χ0n) is 16.3. The van der Waals surface area contributed by atoms with Crippen molar-refractivity contribution >= 4 is 17.6 Å². The Labute approximate surface area is 174 Å². The van der Waals surface area contributed by atoms with E-state index >= 15 is 0 Å². The molecule has 1 aliphatic heterocycles. The number of benzene rings is 3. The summed E-state index contributed by atoms with van der Waals surface area (Å²) in [5, 5.41) is 18.9. The van der Waals surface area contributed by atoms with Crippen molar-refractivity contribution in [2.24, 2.45) is 10.2 Å². The van der Waals surface area contributed by atoms with E-state index in [1.807, 2.05) is 24.3 Å². The van der Waals surface area contributed by atoms with E-state index in [0.717, 1.165) is 23.4 Å². The van der Waals surface area contributed by atoms with Crippen LogP contribution in [-0.4, -0.2) is 26.8 Å². The molecule has 1 aromatic heterocycles. The van der Waals surface area contributed by atoms with E-state index in [1.165, 1.54) is 11.1 Å². The zero-order chi connectivity index (χ0) is 20.2. The molecule has 0 aliphatic carbocycles. The fourth-order valence-corrected chi connectivity index (χ4v) is 3.59. The standard InChI is InChI=1S/C24H20N6/c1-3-7-20(8-4-1)23-15-24(21-9-5-2-6-10-21)30(28-23)22-13-11-19(12-14-22)16-27-29-17-25-26-18-29/h1-14,16-18,24H,15H2/b27-16-/t24-/m1/s1. The van der Waals surface area contributed by atoms with E-state index in [2.05, 4.69) is 81.0 Å². The first-order valence-electron chi connectivity index (χ1n) is 9.83. The maximum Gasteiger partial charge on any atom is 0.141 e. The molecule has 6 nitrogen and oxygen atoms in total. The van der Waals surface area contributed by atoms with Crippen molar-refractivity contribution in [3.63, 3.8) is 0 Å². The van der Waals surface area contributed by atoms with Crippen LogP contribution in [0.4, 0.5) is 5.69 Å². The van der Waals surface area contributed by atoms with Crippen LogP contribution < -0.4 is 5.01 Å². The minimum atomic E-state index is 0.165. The summed E-state index contributed by atoms with van der Waals surface area (Å²) in [4.78, 5) is 0. The SMILES string of the molecule is C(=N/n1cnnc1)/c1ccc(N2N=C(c3ccccc3)C[C@@H]2c2ccccc2)cc1. The Kier molecular flexibility index (Phi) is 4.88. The third-order valence-corrected chi connectivity index (χ3v) is 5.11. The average molecular weight is 392 g/mol. The van der Waals surface area contributed by atoms with Crippen LogP contribution in [-0.2, 0) is 0 Å². The van der Waals surface area contributed by atoms with Crippen LogP contribution in [0.1, 0.15) is 29.2 Å². The Hall–Kier alpha value is -4.06. The summed E-state index contributed by atoms with van der Waals surface area (Å²) in [5.41, 5.74) is 5.57. The van der Waals surface area contributed by atoms with Gasteiger partial charge in [-0.25, -0.2) is 4.68 Å². The number of nitrogens with zero attached hydrogens (tertiary/aromatic N) is 6. The monoisotopic (exact) mass is 392 g/mol. The highest BCUT2D eigenvalue weighted by Crippen LogP contribution is 2.36. The number of hydrogen-bond acceptors (Lipinski definition) is 5. The molecule has 146 valence electrons. The molecule has 0 fully saturated rings. The van der Waals surface area contributed by atoms with Crippen molar-refractivity contribution < 1.29 is 0 Å². The predicted molar refractivity (Wildman–Crippen MR) is 119 cm³/mol. The van der Waals surface area contributed by atoms with Crippen molar-refractivity contribution in [2.75, 3.05) is 5.01 Å². The van der Waals surface area contributed by atoms with Crippen LogP contribution in [0.2, 0.25) is 0 Å². The van der Waals surface area contributed by atoms with Gasteiger partial charge in [0.25, 0.3) is 0 Å². The lowest BCUT2D eigenvalue weighted by Gasteiger charge is -2.24. The number of hydrogen-bond donors (Lipinski definition) is 0. The largest absolute Gasteiger partial charge is 0.257 e. The molecular formula is C24H20N6. The van der Waals surface area contributed by atoms with E-state index in [4.69, 9.17) is 5.10 Å². The summed E-state index contributed by atoms with van der Waals surface area (Å²) < 4.78 is 1.57. The lowest BCUT2D eigenvalue weighted by atomic mass is 9.98. The quantitative estimate of drug-likeness (QED) is 0.469. The minimum absolute atomic E-state index is 0.165. The number of aromatic nitrogens is 3. The van der Waals surface area contributed by atoms with E-state index in [1.54, 1.807) is 23.5 Å². The van der Waals surface area contributed by atoms with Crippen molar-refractivity contribution in [1.82, 2.24) is 14.9 Å². The van der Waals surface area contributed by atoms with Crippen LogP contribution in [0.15, 0.2) is 108 Å². The third kappa shape index (κ3) is 3.75. The summed E-state index contributed by atoms with van der Waals surface area (Å²) in [7, 11) is 0. The van der Waals surface area contributed by atoms with Crippen molar-refractivity contribution in [2.45, 2.75) is 12.5 Å². The van der Waals surface area contributed by atoms with E-state index in [-0.39, 0.29) is 6.04 Å². The van der Waals surface area contributed by atoms with Gasteiger partial charge in [0.2, 0.25) is 0 Å². The molecule has 0 N–H and O–H groups in total. The van der Waals surface area contributed by atoms with E-state index in [9.17, 15) is 0 Å². The van der Waals surface area contributed by atoms with Gasteiger partial charge >= 0.3 is 0 Å². The highest BCUT2D eigenvalue weighted by atomic mass is 15.5. The summed E-state index contributed by atoms with van der Waals surface area (Å²) in [6.45, 7) is 0. The van der Waals surface area contributed by atoms with Gasteiger partial charge in [-0.3, -0.25) is 5.01 Å². The third-order valence-electron chi connectivity index (χ3n) is 5.11. The normalized spacial score (nSPS) is 16.2. The molecule has 0 unspecified atom stereocenters. The Bertz CT molecular complexity index is 1150. The molecule has 6 heteroatoms. The average Bonchev–Trinajstić information content (AvgIpc) is 3.50. The molecule has 3 aromatic carbocycles. The smallest absolute Gasteiger partial charge is 0.141 e. The molecule has 0 saturated carbocycles. The van der Waals surface area contributed by atoms with Gasteiger partial charge < -0.3 is 0 Å². The van der Waals surface area contributed by atoms with Gasteiger partial charge in [0.1, 0.15) is 12.7 Å². The van der Waals surface area contributed by atoms with Crippen molar-refractivity contribution in [1.29, 1.82) is 0 Å². The summed E-state index contributed by atoms with van der Waals surface area (Å²) in [6, 6.07) is 29.4. The van der Waals surface area contributed by atoms with Gasteiger partial charge in [0.05, 0.1) is 23.7 Å². The van der Waals surface area contributed by atoms with Gasteiger partial charge in [-0.2, -0.15) is 10.2 Å². The molecule has 2 heterocycles. The van der Waals surface area contributed by atoms with Crippen LogP contribution >= 0.6 is 0 Å². The van der Waals surface area contributed by atoms with Crippen molar-refractivity contribution in [3.05, 3.63) is 114 Å². The van der Waals surface area contributed by atoms with Gasteiger partial charge in [0.15, 0.2) is 0 Å². The lowest BCUT2D eigenvalue weighted by molar-refractivity contribution is 0.709. The molecule has 1 atom stereocenters. The van der Waals surface area contributed by atoms with Crippen molar-refractivity contribution in [3.8, 4) is 0 Å². The molecule has 0 spiro atoms. The lowest BCUT2D eigenvalue weighted by Crippen LogP contribution is -2.18. The maximum absolute atomic E-state index is 5.00. The van der Waals surface area contributed by atoms with Gasteiger partial charge in [-0.15, -0.1) is 10.2 Å². The van der Waals surface area contributed by atoms with Crippen LogP contribution in [0.25, 0.3) is 0 Å². The Morgan fingerprint density at radius 2 is 1.47 bits per heavy atom. The molecule has 0 amide bonds. The first-order chi connectivity index (χ1) is 14.9.